The van der Waals surface area contributed by atoms with Gasteiger partial charge in [-0.2, -0.15) is 5.10 Å². The molecule has 1 N–H and O–H groups in total. The third-order valence-corrected chi connectivity index (χ3v) is 2.55. The summed E-state index contributed by atoms with van der Waals surface area (Å²) in [5.41, 5.74) is 2.38. The van der Waals surface area contributed by atoms with E-state index in [0.717, 1.165) is 0 Å². The maximum atomic E-state index is 11.2. The summed E-state index contributed by atoms with van der Waals surface area (Å²) >= 11 is 11.7. The van der Waals surface area contributed by atoms with Crippen LogP contribution in [0.5, 0.6) is 5.75 Å². The van der Waals surface area contributed by atoms with Gasteiger partial charge in [-0.15, -0.1) is 0 Å². The van der Waals surface area contributed by atoms with E-state index in [0.29, 0.717) is 35.2 Å². The molecule has 0 aromatic heterocycles. The molecule has 1 amide bonds. The molecule has 0 saturated carbocycles. The summed E-state index contributed by atoms with van der Waals surface area (Å²) in [5, 5.41) is 4.65. The zero-order valence-corrected chi connectivity index (χ0v) is 11.5. The van der Waals surface area contributed by atoms with Gasteiger partial charge in [-0.05, 0) is 31.5 Å². The SMILES string of the molecule is C/C=N/NC(=O)CCCOc1ccc(Cl)cc1Cl. The third kappa shape index (κ3) is 5.38. The molecule has 0 aliphatic rings. The minimum atomic E-state index is -0.140. The summed E-state index contributed by atoms with van der Waals surface area (Å²) in [6.45, 7) is 2.14. The number of halogens is 2. The van der Waals surface area contributed by atoms with E-state index in [1.807, 2.05) is 0 Å². The lowest BCUT2D eigenvalue weighted by Crippen LogP contribution is -2.17. The number of nitrogens with one attached hydrogen (secondary N) is 1. The van der Waals surface area contributed by atoms with Crippen LogP contribution in [-0.2, 0) is 4.79 Å². The highest BCUT2D eigenvalue weighted by Crippen LogP contribution is 2.27. The van der Waals surface area contributed by atoms with E-state index in [2.05, 4.69) is 10.5 Å². The lowest BCUT2D eigenvalue weighted by molar-refractivity contribution is -0.121. The molecule has 0 saturated heterocycles. The van der Waals surface area contributed by atoms with Crippen LogP contribution in [0, 0.1) is 0 Å². The van der Waals surface area contributed by atoms with E-state index in [4.69, 9.17) is 27.9 Å². The Morgan fingerprint density at radius 3 is 2.94 bits per heavy atom. The second-order valence-electron chi connectivity index (χ2n) is 3.45. The van der Waals surface area contributed by atoms with Gasteiger partial charge in [-0.1, -0.05) is 23.2 Å². The third-order valence-electron chi connectivity index (χ3n) is 2.02. The molecule has 0 spiro atoms. The van der Waals surface area contributed by atoms with E-state index in [1.54, 1.807) is 25.1 Å². The zero-order valence-electron chi connectivity index (χ0n) is 9.95. The molecule has 4 nitrogen and oxygen atoms in total. The number of amides is 1. The number of nitrogens with zero attached hydrogens (tertiary/aromatic N) is 1. The number of hydrogen-bond acceptors (Lipinski definition) is 3. The van der Waals surface area contributed by atoms with Gasteiger partial charge < -0.3 is 4.74 Å². The van der Waals surface area contributed by atoms with Gasteiger partial charge in [0.2, 0.25) is 5.91 Å². The molecule has 0 aliphatic heterocycles. The molecule has 0 aliphatic carbocycles. The summed E-state index contributed by atoms with van der Waals surface area (Å²) in [6.07, 6.45) is 2.45. The Balaban J connectivity index is 2.27. The molecular formula is C12H14Cl2N2O2. The minimum Gasteiger partial charge on any atom is -0.492 e. The van der Waals surface area contributed by atoms with Crippen LogP contribution in [0.4, 0.5) is 0 Å². The van der Waals surface area contributed by atoms with Crippen LogP contribution < -0.4 is 10.2 Å². The fraction of sp³-hybridized carbons (Fsp3) is 0.333. The van der Waals surface area contributed by atoms with Crippen LogP contribution in [0.15, 0.2) is 23.3 Å². The van der Waals surface area contributed by atoms with Crippen LogP contribution in [0.25, 0.3) is 0 Å². The van der Waals surface area contributed by atoms with Gasteiger partial charge in [0, 0.05) is 17.7 Å². The molecule has 18 heavy (non-hydrogen) atoms. The van der Waals surface area contributed by atoms with E-state index < -0.39 is 0 Å². The summed E-state index contributed by atoms with van der Waals surface area (Å²) in [4.78, 5) is 11.2. The van der Waals surface area contributed by atoms with Crippen molar-refractivity contribution in [1.82, 2.24) is 5.43 Å². The first kappa shape index (κ1) is 14.8. The van der Waals surface area contributed by atoms with E-state index >= 15 is 0 Å². The average molecular weight is 289 g/mol. The summed E-state index contributed by atoms with van der Waals surface area (Å²) in [6, 6.07) is 5.01. The number of hydrogen-bond donors (Lipinski definition) is 1. The molecule has 1 aromatic rings. The van der Waals surface area contributed by atoms with Crippen molar-refractivity contribution >= 4 is 35.3 Å². The van der Waals surface area contributed by atoms with Crippen molar-refractivity contribution in [2.75, 3.05) is 6.61 Å². The standard InChI is InChI=1S/C12H14Cl2N2O2/c1-2-15-16-12(17)4-3-7-18-11-6-5-9(13)8-10(11)14/h2,5-6,8H,3-4,7H2,1H3,(H,16,17)/b15-2+. The fourth-order valence-corrected chi connectivity index (χ4v) is 1.66. The predicted octanol–water partition coefficient (Wildman–Crippen LogP) is 3.27. The molecular weight excluding hydrogens is 275 g/mol. The molecule has 0 atom stereocenters. The monoisotopic (exact) mass is 288 g/mol. The van der Waals surface area contributed by atoms with Crippen LogP contribution in [0.1, 0.15) is 19.8 Å². The highest BCUT2D eigenvalue weighted by Gasteiger charge is 2.03. The number of carbonyl (C=O) groups excluding carboxylic acids is 1. The van der Waals surface area contributed by atoms with Gasteiger partial charge in [0.25, 0.3) is 0 Å². The van der Waals surface area contributed by atoms with Crippen molar-refractivity contribution < 1.29 is 9.53 Å². The normalized spacial score (nSPS) is 10.6. The van der Waals surface area contributed by atoms with Crippen molar-refractivity contribution in [1.29, 1.82) is 0 Å². The molecule has 6 heteroatoms. The van der Waals surface area contributed by atoms with E-state index in [9.17, 15) is 4.79 Å². The average Bonchev–Trinajstić information content (AvgIpc) is 2.34. The number of ether oxygens (including phenoxy) is 1. The molecule has 0 bridgehead atoms. The number of rotatable bonds is 6. The molecule has 0 radical (unpaired) electrons. The predicted molar refractivity (Wildman–Crippen MR) is 73.5 cm³/mol. The molecule has 0 unspecified atom stereocenters. The van der Waals surface area contributed by atoms with Gasteiger partial charge in [0.05, 0.1) is 11.6 Å². The summed E-state index contributed by atoms with van der Waals surface area (Å²) in [5.74, 6) is 0.423. The van der Waals surface area contributed by atoms with Gasteiger partial charge in [-0.3, -0.25) is 4.79 Å². The van der Waals surface area contributed by atoms with E-state index in [-0.39, 0.29) is 5.91 Å². The number of hydrazone groups is 1. The smallest absolute Gasteiger partial charge is 0.240 e. The first-order valence-electron chi connectivity index (χ1n) is 5.48. The van der Waals surface area contributed by atoms with Gasteiger partial charge in [0.15, 0.2) is 0 Å². The maximum Gasteiger partial charge on any atom is 0.240 e. The second-order valence-corrected chi connectivity index (χ2v) is 4.29. The lowest BCUT2D eigenvalue weighted by Gasteiger charge is -2.07. The lowest BCUT2D eigenvalue weighted by atomic mass is 10.3. The topological polar surface area (TPSA) is 50.7 Å². The Kier molecular flexibility index (Phi) is 6.54. The Morgan fingerprint density at radius 2 is 2.28 bits per heavy atom. The number of carbonyl (C=O) groups is 1. The molecule has 0 fully saturated rings. The Morgan fingerprint density at radius 1 is 1.50 bits per heavy atom. The zero-order chi connectivity index (χ0) is 13.4. The summed E-state index contributed by atoms with van der Waals surface area (Å²) < 4.78 is 5.44. The summed E-state index contributed by atoms with van der Waals surface area (Å²) in [7, 11) is 0. The van der Waals surface area contributed by atoms with E-state index in [1.165, 1.54) is 6.21 Å². The molecule has 98 valence electrons. The molecule has 0 heterocycles. The largest absolute Gasteiger partial charge is 0.492 e. The fourth-order valence-electron chi connectivity index (χ4n) is 1.20. The molecule has 1 rings (SSSR count). The van der Waals surface area contributed by atoms with Crippen LogP contribution in [0.2, 0.25) is 10.0 Å². The van der Waals surface area contributed by atoms with Crippen molar-refractivity contribution in [3.63, 3.8) is 0 Å². The van der Waals surface area contributed by atoms with Gasteiger partial charge in [-0.25, -0.2) is 5.43 Å². The Bertz CT molecular complexity index is 436. The van der Waals surface area contributed by atoms with Crippen LogP contribution in [-0.4, -0.2) is 18.7 Å². The van der Waals surface area contributed by atoms with Crippen molar-refractivity contribution in [3.8, 4) is 5.75 Å². The quantitative estimate of drug-likeness (QED) is 0.496. The van der Waals surface area contributed by atoms with Crippen molar-refractivity contribution in [3.05, 3.63) is 28.2 Å². The van der Waals surface area contributed by atoms with Gasteiger partial charge >= 0.3 is 0 Å². The maximum absolute atomic E-state index is 11.2. The second kappa shape index (κ2) is 7.95. The highest BCUT2D eigenvalue weighted by atomic mass is 35.5. The number of benzene rings is 1. The first-order chi connectivity index (χ1) is 8.63. The Hall–Kier alpha value is -1.26. The van der Waals surface area contributed by atoms with Crippen molar-refractivity contribution in [2.45, 2.75) is 19.8 Å². The Labute approximate surface area is 116 Å². The van der Waals surface area contributed by atoms with Crippen LogP contribution >= 0.6 is 23.2 Å². The molecule has 1 aromatic carbocycles. The highest BCUT2D eigenvalue weighted by molar-refractivity contribution is 6.35. The van der Waals surface area contributed by atoms with Crippen LogP contribution in [0.3, 0.4) is 0 Å². The first-order valence-corrected chi connectivity index (χ1v) is 6.23. The van der Waals surface area contributed by atoms with Crippen molar-refractivity contribution in [2.24, 2.45) is 5.10 Å². The van der Waals surface area contributed by atoms with Gasteiger partial charge in [0.1, 0.15) is 5.75 Å². The minimum absolute atomic E-state index is 0.140.